The van der Waals surface area contributed by atoms with Gasteiger partial charge in [-0.3, -0.25) is 4.79 Å². The molecule has 0 spiro atoms. The molecule has 124 valence electrons. The van der Waals surface area contributed by atoms with Crippen LogP contribution in [0.3, 0.4) is 0 Å². The van der Waals surface area contributed by atoms with Crippen molar-refractivity contribution < 1.29 is 22.7 Å². The summed E-state index contributed by atoms with van der Waals surface area (Å²) in [6.07, 6.45) is -1.36. The van der Waals surface area contributed by atoms with Crippen LogP contribution in [0.15, 0.2) is 24.3 Å². The van der Waals surface area contributed by atoms with Gasteiger partial charge in [0.1, 0.15) is 5.75 Å². The number of hydrogen-bond acceptors (Lipinski definition) is 3. The molecule has 1 aliphatic rings. The van der Waals surface area contributed by atoms with Gasteiger partial charge in [0.15, 0.2) is 0 Å². The van der Waals surface area contributed by atoms with Crippen LogP contribution in [0.4, 0.5) is 13.2 Å². The van der Waals surface area contributed by atoms with Crippen LogP contribution >= 0.6 is 12.4 Å². The number of hydrogen-bond donors (Lipinski definition) is 2. The standard InChI is InChI=1S/C14H17F3N2O2.ClH/c15-14(16,17)21-12-7-1-9(2-8-12)13(20)19-11-5-3-10(18)4-6-11;/h1-2,7-8,10-11H,3-6,18H2,(H,19,20);1H. The molecule has 0 radical (unpaired) electrons. The van der Waals surface area contributed by atoms with E-state index >= 15 is 0 Å². The normalized spacial score (nSPS) is 21.6. The number of amides is 1. The fraction of sp³-hybridized carbons (Fsp3) is 0.500. The molecule has 1 aromatic carbocycles. The summed E-state index contributed by atoms with van der Waals surface area (Å²) in [6, 6.07) is 5.13. The highest BCUT2D eigenvalue weighted by Crippen LogP contribution is 2.23. The average molecular weight is 339 g/mol. The third-order valence-electron chi connectivity index (χ3n) is 3.46. The minimum absolute atomic E-state index is 0. The third-order valence-corrected chi connectivity index (χ3v) is 3.46. The van der Waals surface area contributed by atoms with Gasteiger partial charge in [0, 0.05) is 17.6 Å². The average Bonchev–Trinajstić information content (AvgIpc) is 2.40. The molecule has 0 unspecified atom stereocenters. The minimum atomic E-state index is -4.73. The van der Waals surface area contributed by atoms with Crippen molar-refractivity contribution in [3.8, 4) is 5.75 Å². The van der Waals surface area contributed by atoms with Crippen LogP contribution in [0.5, 0.6) is 5.75 Å². The van der Waals surface area contributed by atoms with Gasteiger partial charge in [-0.2, -0.15) is 0 Å². The molecule has 3 N–H and O–H groups in total. The number of nitrogens with one attached hydrogen (secondary N) is 1. The van der Waals surface area contributed by atoms with E-state index in [1.807, 2.05) is 0 Å². The second kappa shape index (κ2) is 7.69. The van der Waals surface area contributed by atoms with Crippen molar-refractivity contribution in [1.29, 1.82) is 0 Å². The number of ether oxygens (including phenoxy) is 1. The van der Waals surface area contributed by atoms with Crippen molar-refractivity contribution in [1.82, 2.24) is 5.32 Å². The zero-order valence-corrected chi connectivity index (χ0v) is 12.5. The zero-order valence-electron chi connectivity index (χ0n) is 11.7. The summed E-state index contributed by atoms with van der Waals surface area (Å²) in [5.74, 6) is -0.642. The van der Waals surface area contributed by atoms with E-state index in [2.05, 4.69) is 10.1 Å². The molecule has 0 heterocycles. The minimum Gasteiger partial charge on any atom is -0.406 e. The van der Waals surface area contributed by atoms with Crippen LogP contribution in [-0.2, 0) is 0 Å². The maximum Gasteiger partial charge on any atom is 0.573 e. The lowest BCUT2D eigenvalue weighted by Crippen LogP contribution is -2.40. The van der Waals surface area contributed by atoms with Gasteiger partial charge in [-0.1, -0.05) is 0 Å². The predicted octanol–water partition coefficient (Wildman–Crippen LogP) is 3.01. The molecule has 0 atom stereocenters. The Morgan fingerprint density at radius 3 is 2.18 bits per heavy atom. The first-order valence-electron chi connectivity index (χ1n) is 6.76. The molecule has 2 rings (SSSR count). The Balaban J connectivity index is 0.00000242. The Hall–Kier alpha value is -1.47. The molecule has 1 saturated carbocycles. The van der Waals surface area contributed by atoms with Gasteiger partial charge in [0.25, 0.3) is 5.91 Å². The van der Waals surface area contributed by atoms with Crippen LogP contribution in [0, 0.1) is 0 Å². The van der Waals surface area contributed by atoms with Crippen molar-refractivity contribution >= 4 is 18.3 Å². The van der Waals surface area contributed by atoms with E-state index in [0.29, 0.717) is 5.56 Å². The quantitative estimate of drug-likeness (QED) is 0.890. The molecule has 1 amide bonds. The Morgan fingerprint density at radius 1 is 1.14 bits per heavy atom. The number of rotatable bonds is 3. The monoisotopic (exact) mass is 338 g/mol. The number of carbonyl (C=O) groups excluding carboxylic acids is 1. The summed E-state index contributed by atoms with van der Waals surface area (Å²) in [6.45, 7) is 0. The Morgan fingerprint density at radius 2 is 1.68 bits per heavy atom. The highest BCUT2D eigenvalue weighted by atomic mass is 35.5. The third kappa shape index (κ3) is 5.73. The first-order valence-corrected chi connectivity index (χ1v) is 6.76. The molecule has 1 fully saturated rings. The van der Waals surface area contributed by atoms with Gasteiger partial charge in [0.2, 0.25) is 0 Å². The number of carbonyl (C=O) groups is 1. The lowest BCUT2D eigenvalue weighted by atomic mass is 9.91. The summed E-state index contributed by atoms with van der Waals surface area (Å²) < 4.78 is 39.8. The van der Waals surface area contributed by atoms with Gasteiger partial charge in [-0.05, 0) is 49.9 Å². The summed E-state index contributed by atoms with van der Waals surface area (Å²) in [7, 11) is 0. The zero-order chi connectivity index (χ0) is 15.5. The van der Waals surface area contributed by atoms with Gasteiger partial charge in [-0.25, -0.2) is 0 Å². The SMILES string of the molecule is Cl.NC1CCC(NC(=O)c2ccc(OC(F)(F)F)cc2)CC1. The summed E-state index contributed by atoms with van der Waals surface area (Å²) >= 11 is 0. The lowest BCUT2D eigenvalue weighted by molar-refractivity contribution is -0.274. The molecular formula is C14H18ClF3N2O2. The van der Waals surface area contributed by atoms with E-state index in [0.717, 1.165) is 37.8 Å². The highest BCUT2D eigenvalue weighted by molar-refractivity contribution is 5.94. The lowest BCUT2D eigenvalue weighted by Gasteiger charge is -2.26. The van der Waals surface area contributed by atoms with Crippen molar-refractivity contribution in [2.24, 2.45) is 5.73 Å². The van der Waals surface area contributed by atoms with Crippen molar-refractivity contribution in [3.63, 3.8) is 0 Å². The van der Waals surface area contributed by atoms with Crippen molar-refractivity contribution in [2.45, 2.75) is 44.1 Å². The summed E-state index contributed by atoms with van der Waals surface area (Å²) in [4.78, 5) is 12.0. The van der Waals surface area contributed by atoms with Gasteiger partial charge >= 0.3 is 6.36 Å². The van der Waals surface area contributed by atoms with Gasteiger partial charge < -0.3 is 15.8 Å². The largest absolute Gasteiger partial charge is 0.573 e. The topological polar surface area (TPSA) is 64.3 Å². The number of nitrogens with two attached hydrogens (primary N) is 1. The Labute approximate surface area is 132 Å². The van der Waals surface area contributed by atoms with Crippen molar-refractivity contribution in [3.05, 3.63) is 29.8 Å². The number of halogens is 4. The highest BCUT2D eigenvalue weighted by Gasteiger charge is 2.31. The molecule has 4 nitrogen and oxygen atoms in total. The van der Waals surface area contributed by atoms with E-state index in [4.69, 9.17) is 5.73 Å². The predicted molar refractivity (Wildman–Crippen MR) is 78.1 cm³/mol. The molecule has 0 saturated heterocycles. The smallest absolute Gasteiger partial charge is 0.406 e. The van der Waals surface area contributed by atoms with Crippen molar-refractivity contribution in [2.75, 3.05) is 0 Å². The molecule has 0 aromatic heterocycles. The van der Waals surface area contributed by atoms with Crippen LogP contribution < -0.4 is 15.8 Å². The Kier molecular flexibility index (Phi) is 6.49. The summed E-state index contributed by atoms with van der Waals surface area (Å²) in [5, 5.41) is 2.87. The van der Waals surface area contributed by atoms with E-state index in [1.165, 1.54) is 12.1 Å². The first kappa shape index (κ1) is 18.6. The van der Waals surface area contributed by atoms with Crippen LogP contribution in [0.2, 0.25) is 0 Å². The first-order chi connectivity index (χ1) is 9.83. The molecule has 1 aromatic rings. The molecular weight excluding hydrogens is 321 g/mol. The molecule has 22 heavy (non-hydrogen) atoms. The Bertz CT molecular complexity index is 486. The van der Waals surface area contributed by atoms with Crippen LogP contribution in [0.1, 0.15) is 36.0 Å². The van der Waals surface area contributed by atoms with E-state index < -0.39 is 6.36 Å². The molecule has 0 aliphatic heterocycles. The van der Waals surface area contributed by atoms with Crippen LogP contribution in [-0.4, -0.2) is 24.4 Å². The van der Waals surface area contributed by atoms with Crippen LogP contribution in [0.25, 0.3) is 0 Å². The fourth-order valence-corrected chi connectivity index (χ4v) is 2.34. The maximum absolute atomic E-state index is 12.0. The maximum atomic E-state index is 12.0. The second-order valence-corrected chi connectivity index (χ2v) is 5.16. The molecule has 8 heteroatoms. The summed E-state index contributed by atoms with van der Waals surface area (Å²) in [5.41, 5.74) is 6.09. The van der Waals surface area contributed by atoms with E-state index in [-0.39, 0.29) is 36.1 Å². The van der Waals surface area contributed by atoms with Gasteiger partial charge in [-0.15, -0.1) is 25.6 Å². The number of alkyl halides is 3. The second-order valence-electron chi connectivity index (χ2n) is 5.16. The van der Waals surface area contributed by atoms with E-state index in [1.54, 1.807) is 0 Å². The van der Waals surface area contributed by atoms with Gasteiger partial charge in [0.05, 0.1) is 0 Å². The number of benzene rings is 1. The molecule has 1 aliphatic carbocycles. The molecule has 0 bridgehead atoms. The fourth-order valence-electron chi connectivity index (χ4n) is 2.34. The van der Waals surface area contributed by atoms with E-state index in [9.17, 15) is 18.0 Å².